The molecule has 1 rings (SSSR count). The van der Waals surface area contributed by atoms with Crippen LogP contribution in [0, 0.1) is 0 Å². The Morgan fingerprint density at radius 3 is 2.41 bits per heavy atom. The zero-order valence-corrected chi connectivity index (χ0v) is 10.7. The fraction of sp³-hybridized carbons (Fsp3) is 0.500. The van der Waals surface area contributed by atoms with Crippen molar-refractivity contribution in [2.24, 2.45) is 0 Å². The lowest BCUT2D eigenvalue weighted by atomic mass is 10.1. The highest BCUT2D eigenvalue weighted by molar-refractivity contribution is 5.99. The van der Waals surface area contributed by atoms with Gasteiger partial charge in [0.15, 0.2) is 5.78 Å². The number of hydrogen-bond donors (Lipinski definition) is 0. The van der Waals surface area contributed by atoms with Crippen LogP contribution >= 0.6 is 0 Å². The number of carbonyl (C=O) groups is 1. The third kappa shape index (κ3) is 4.19. The third-order valence-corrected chi connectivity index (χ3v) is 2.40. The van der Waals surface area contributed by atoms with E-state index in [0.717, 1.165) is 12.2 Å². The van der Waals surface area contributed by atoms with E-state index < -0.39 is 0 Å². The lowest BCUT2D eigenvalue weighted by Gasteiger charge is -2.11. The highest BCUT2D eigenvalue weighted by Gasteiger charge is 2.14. The van der Waals surface area contributed by atoms with E-state index in [9.17, 15) is 4.79 Å². The first-order valence-electron chi connectivity index (χ1n) is 6.07. The van der Waals surface area contributed by atoms with E-state index in [1.54, 1.807) is 19.1 Å². The van der Waals surface area contributed by atoms with Crippen LogP contribution < -0.4 is 4.74 Å². The number of Topliss-reactive ketones (excluding diaryl/α,β-unsaturated/α-hetero) is 1. The molecule has 1 atom stereocenters. The average molecular weight is 236 g/mol. The summed E-state index contributed by atoms with van der Waals surface area (Å²) in [6, 6.07) is 7.20. The summed E-state index contributed by atoms with van der Waals surface area (Å²) in [4.78, 5) is 11.9. The van der Waals surface area contributed by atoms with Gasteiger partial charge in [-0.3, -0.25) is 4.79 Å². The molecule has 0 aliphatic heterocycles. The fourth-order valence-electron chi connectivity index (χ4n) is 1.50. The largest absolute Gasteiger partial charge is 0.494 e. The second-order valence-corrected chi connectivity index (χ2v) is 3.83. The van der Waals surface area contributed by atoms with E-state index in [-0.39, 0.29) is 11.9 Å². The van der Waals surface area contributed by atoms with Gasteiger partial charge in [-0.15, -0.1) is 0 Å². The first-order chi connectivity index (χ1) is 8.19. The van der Waals surface area contributed by atoms with Gasteiger partial charge in [-0.1, -0.05) is 6.92 Å². The number of hydrogen-bond acceptors (Lipinski definition) is 3. The zero-order chi connectivity index (χ0) is 12.7. The van der Waals surface area contributed by atoms with E-state index in [4.69, 9.17) is 9.47 Å². The highest BCUT2D eigenvalue weighted by atomic mass is 16.5. The molecule has 0 amide bonds. The van der Waals surface area contributed by atoms with Crippen LogP contribution in [-0.4, -0.2) is 25.1 Å². The maximum atomic E-state index is 11.9. The molecular formula is C14H20O3. The summed E-state index contributed by atoms with van der Waals surface area (Å²) >= 11 is 0. The van der Waals surface area contributed by atoms with Crippen LogP contribution in [0.4, 0.5) is 0 Å². The van der Waals surface area contributed by atoms with Crippen molar-refractivity contribution in [1.29, 1.82) is 0 Å². The predicted molar refractivity (Wildman–Crippen MR) is 67.6 cm³/mol. The molecule has 0 radical (unpaired) electrons. The maximum Gasteiger partial charge on any atom is 0.191 e. The zero-order valence-electron chi connectivity index (χ0n) is 10.7. The molecule has 0 N–H and O–H groups in total. The van der Waals surface area contributed by atoms with Gasteiger partial charge in [0.05, 0.1) is 6.61 Å². The minimum Gasteiger partial charge on any atom is -0.494 e. The van der Waals surface area contributed by atoms with E-state index in [1.165, 1.54) is 0 Å². The molecule has 1 aromatic rings. The van der Waals surface area contributed by atoms with Crippen molar-refractivity contribution in [2.45, 2.75) is 33.3 Å². The van der Waals surface area contributed by atoms with Gasteiger partial charge in [-0.25, -0.2) is 0 Å². The normalized spacial score (nSPS) is 12.2. The molecule has 94 valence electrons. The first kappa shape index (κ1) is 13.7. The van der Waals surface area contributed by atoms with Crippen LogP contribution in [-0.2, 0) is 4.74 Å². The van der Waals surface area contributed by atoms with Crippen LogP contribution in [0.3, 0.4) is 0 Å². The van der Waals surface area contributed by atoms with Gasteiger partial charge in [-0.2, -0.15) is 0 Å². The summed E-state index contributed by atoms with van der Waals surface area (Å²) in [6.07, 6.45) is 0.588. The Morgan fingerprint density at radius 1 is 1.24 bits per heavy atom. The van der Waals surface area contributed by atoms with Crippen molar-refractivity contribution in [2.75, 3.05) is 13.2 Å². The standard InChI is InChI=1S/C14H20O3/c1-4-10-17-13-8-6-12(7-9-13)14(15)11(3)16-5-2/h6-9,11H,4-5,10H2,1-3H3. The van der Waals surface area contributed by atoms with Crippen LogP contribution in [0.25, 0.3) is 0 Å². The van der Waals surface area contributed by atoms with Crippen molar-refractivity contribution in [3.05, 3.63) is 29.8 Å². The third-order valence-electron chi connectivity index (χ3n) is 2.40. The fourth-order valence-corrected chi connectivity index (χ4v) is 1.50. The molecule has 0 saturated heterocycles. The van der Waals surface area contributed by atoms with Crippen LogP contribution in [0.1, 0.15) is 37.6 Å². The van der Waals surface area contributed by atoms with Gasteiger partial charge < -0.3 is 9.47 Å². The van der Waals surface area contributed by atoms with Gasteiger partial charge in [-0.05, 0) is 44.5 Å². The van der Waals surface area contributed by atoms with E-state index in [1.807, 2.05) is 19.1 Å². The second kappa shape index (κ2) is 7.07. The monoisotopic (exact) mass is 236 g/mol. The molecule has 0 spiro atoms. The Bertz CT molecular complexity index is 343. The minimum atomic E-state index is -0.387. The molecule has 0 aliphatic rings. The summed E-state index contributed by atoms with van der Waals surface area (Å²) < 4.78 is 10.7. The van der Waals surface area contributed by atoms with Crippen molar-refractivity contribution in [1.82, 2.24) is 0 Å². The molecule has 0 bridgehead atoms. The van der Waals surface area contributed by atoms with Crippen LogP contribution in [0.2, 0.25) is 0 Å². The van der Waals surface area contributed by atoms with Crippen molar-refractivity contribution < 1.29 is 14.3 Å². The molecule has 3 heteroatoms. The summed E-state index contributed by atoms with van der Waals surface area (Å²) in [5, 5.41) is 0. The molecule has 0 fully saturated rings. The number of ketones is 1. The Hall–Kier alpha value is -1.35. The average Bonchev–Trinajstić information content (AvgIpc) is 2.36. The lowest BCUT2D eigenvalue weighted by molar-refractivity contribution is 0.0520. The SMILES string of the molecule is CCCOc1ccc(C(=O)C(C)OCC)cc1. The minimum absolute atomic E-state index is 0.00823. The van der Waals surface area contributed by atoms with E-state index in [0.29, 0.717) is 18.8 Å². The second-order valence-electron chi connectivity index (χ2n) is 3.83. The van der Waals surface area contributed by atoms with Crippen molar-refractivity contribution >= 4 is 5.78 Å². The number of rotatable bonds is 7. The first-order valence-corrected chi connectivity index (χ1v) is 6.07. The number of benzene rings is 1. The van der Waals surface area contributed by atoms with E-state index in [2.05, 4.69) is 6.92 Å². The molecule has 1 unspecified atom stereocenters. The predicted octanol–water partition coefficient (Wildman–Crippen LogP) is 3.08. The number of ether oxygens (including phenoxy) is 2. The van der Waals surface area contributed by atoms with Crippen LogP contribution in [0.15, 0.2) is 24.3 Å². The molecule has 0 saturated carbocycles. The Morgan fingerprint density at radius 2 is 1.88 bits per heavy atom. The Labute approximate surface area is 103 Å². The smallest absolute Gasteiger partial charge is 0.191 e. The molecular weight excluding hydrogens is 216 g/mol. The summed E-state index contributed by atoms with van der Waals surface area (Å²) in [6.45, 7) is 6.95. The van der Waals surface area contributed by atoms with Crippen molar-refractivity contribution in [3.8, 4) is 5.75 Å². The molecule has 0 aliphatic carbocycles. The maximum absolute atomic E-state index is 11.9. The van der Waals surface area contributed by atoms with Gasteiger partial charge in [0.2, 0.25) is 0 Å². The highest BCUT2D eigenvalue weighted by Crippen LogP contribution is 2.14. The Kier molecular flexibility index (Phi) is 5.70. The molecule has 3 nitrogen and oxygen atoms in total. The van der Waals surface area contributed by atoms with Gasteiger partial charge in [0.1, 0.15) is 11.9 Å². The van der Waals surface area contributed by atoms with Crippen LogP contribution in [0.5, 0.6) is 5.75 Å². The quantitative estimate of drug-likeness (QED) is 0.682. The summed E-state index contributed by atoms with van der Waals surface area (Å²) in [5.41, 5.74) is 0.662. The summed E-state index contributed by atoms with van der Waals surface area (Å²) in [7, 11) is 0. The number of carbonyl (C=O) groups excluding carboxylic acids is 1. The van der Waals surface area contributed by atoms with Crippen molar-refractivity contribution in [3.63, 3.8) is 0 Å². The topological polar surface area (TPSA) is 35.5 Å². The molecule has 0 aromatic heterocycles. The van der Waals surface area contributed by atoms with Gasteiger partial charge in [0, 0.05) is 12.2 Å². The molecule has 17 heavy (non-hydrogen) atoms. The molecule has 0 heterocycles. The summed E-state index contributed by atoms with van der Waals surface area (Å²) in [5.74, 6) is 0.807. The van der Waals surface area contributed by atoms with Gasteiger partial charge >= 0.3 is 0 Å². The van der Waals surface area contributed by atoms with Gasteiger partial charge in [0.25, 0.3) is 0 Å². The Balaban J connectivity index is 2.63. The lowest BCUT2D eigenvalue weighted by Crippen LogP contribution is -2.20. The van der Waals surface area contributed by atoms with E-state index >= 15 is 0 Å². The molecule has 1 aromatic carbocycles.